The summed E-state index contributed by atoms with van der Waals surface area (Å²) in [4.78, 5) is 0. The number of aliphatic hydroxyl groups is 1. The maximum Gasteiger partial charge on any atom is 0.0647 e. The molecule has 0 aromatic heterocycles. The first-order valence-electron chi connectivity index (χ1n) is 4.08. The van der Waals surface area contributed by atoms with Crippen LogP contribution in [-0.2, 0) is 0 Å². The Labute approximate surface area is 74.5 Å². The molecule has 0 saturated carbocycles. The molecule has 0 saturated heterocycles. The summed E-state index contributed by atoms with van der Waals surface area (Å²) in [6.45, 7) is 3.83. The first-order valence-corrected chi connectivity index (χ1v) is 4.08. The van der Waals surface area contributed by atoms with Crippen LogP contribution in [0.2, 0.25) is 0 Å². The van der Waals surface area contributed by atoms with E-state index in [-0.39, 0.29) is 6.10 Å². The Morgan fingerprint density at radius 2 is 2.17 bits per heavy atom. The van der Waals surface area contributed by atoms with Crippen LogP contribution in [0.25, 0.3) is 0 Å². The Hall–Kier alpha value is -1.18. The molecular formula is C11H14O. The summed E-state index contributed by atoms with van der Waals surface area (Å²) in [5.74, 6) is 10.8. The third kappa shape index (κ3) is 6.93. The van der Waals surface area contributed by atoms with Gasteiger partial charge in [0.05, 0.1) is 6.10 Å². The molecule has 0 heterocycles. The molecule has 0 aliphatic rings. The van der Waals surface area contributed by atoms with E-state index in [1.54, 1.807) is 6.08 Å². The minimum Gasteiger partial charge on any atom is -0.392 e. The van der Waals surface area contributed by atoms with Gasteiger partial charge in [0, 0.05) is 6.42 Å². The predicted octanol–water partition coefficient (Wildman–Crippen LogP) is 1.73. The molecule has 12 heavy (non-hydrogen) atoms. The van der Waals surface area contributed by atoms with Gasteiger partial charge in [0.2, 0.25) is 0 Å². The lowest BCUT2D eigenvalue weighted by atomic mass is 10.2. The number of rotatable bonds is 2. The smallest absolute Gasteiger partial charge is 0.0647 e. The molecule has 0 aromatic rings. The van der Waals surface area contributed by atoms with E-state index in [2.05, 4.69) is 23.7 Å². The summed E-state index contributed by atoms with van der Waals surface area (Å²) in [6, 6.07) is 0. The highest BCUT2D eigenvalue weighted by Crippen LogP contribution is 1.92. The van der Waals surface area contributed by atoms with E-state index in [1.165, 1.54) is 0 Å². The predicted molar refractivity (Wildman–Crippen MR) is 51.3 cm³/mol. The van der Waals surface area contributed by atoms with Crippen LogP contribution in [0.4, 0.5) is 0 Å². The van der Waals surface area contributed by atoms with Crippen molar-refractivity contribution in [3.05, 3.63) is 12.2 Å². The van der Waals surface area contributed by atoms with E-state index in [0.717, 1.165) is 6.42 Å². The Morgan fingerprint density at radius 3 is 2.75 bits per heavy atom. The van der Waals surface area contributed by atoms with E-state index in [9.17, 15) is 0 Å². The van der Waals surface area contributed by atoms with Crippen molar-refractivity contribution in [2.75, 3.05) is 0 Å². The molecule has 0 spiro atoms. The summed E-state index contributed by atoms with van der Waals surface area (Å²) in [7, 11) is 0. The van der Waals surface area contributed by atoms with Gasteiger partial charge < -0.3 is 5.11 Å². The van der Waals surface area contributed by atoms with Crippen molar-refractivity contribution in [2.24, 2.45) is 0 Å². The first kappa shape index (κ1) is 10.8. The number of allylic oxidation sites excluding steroid dienone is 2. The second-order valence-corrected chi connectivity index (χ2v) is 2.34. The molecule has 0 rings (SSSR count). The standard InChI is InChI=1S/C11H14O/c1-3-5-6-7-8-9-10-11(12)4-2/h3,5,11-12H,4,10H2,1-2H3/b5-3+/t11-/m0/s1. The second kappa shape index (κ2) is 7.92. The Balaban J connectivity index is 3.69. The maximum atomic E-state index is 9.10. The summed E-state index contributed by atoms with van der Waals surface area (Å²) >= 11 is 0. The molecule has 0 fully saturated rings. The molecule has 0 aromatic carbocycles. The molecule has 0 radical (unpaired) electrons. The van der Waals surface area contributed by atoms with Crippen LogP contribution in [0.3, 0.4) is 0 Å². The molecule has 1 atom stereocenters. The van der Waals surface area contributed by atoms with Crippen LogP contribution in [0.15, 0.2) is 12.2 Å². The molecule has 0 aliphatic carbocycles. The van der Waals surface area contributed by atoms with Gasteiger partial charge in [-0.3, -0.25) is 0 Å². The molecule has 0 aliphatic heterocycles. The Morgan fingerprint density at radius 1 is 1.42 bits per heavy atom. The van der Waals surface area contributed by atoms with Crippen LogP contribution < -0.4 is 0 Å². The van der Waals surface area contributed by atoms with Crippen LogP contribution in [0.5, 0.6) is 0 Å². The fourth-order valence-corrected chi connectivity index (χ4v) is 0.518. The Bertz CT molecular complexity index is 242. The van der Waals surface area contributed by atoms with Crippen molar-refractivity contribution < 1.29 is 5.11 Å². The van der Waals surface area contributed by atoms with Crippen LogP contribution in [-0.4, -0.2) is 11.2 Å². The average Bonchev–Trinajstić information content (AvgIpc) is 2.10. The van der Waals surface area contributed by atoms with Crippen molar-refractivity contribution in [2.45, 2.75) is 32.8 Å². The van der Waals surface area contributed by atoms with Gasteiger partial charge in [-0.25, -0.2) is 0 Å². The van der Waals surface area contributed by atoms with Gasteiger partial charge in [-0.1, -0.05) is 24.8 Å². The van der Waals surface area contributed by atoms with Gasteiger partial charge >= 0.3 is 0 Å². The van der Waals surface area contributed by atoms with Gasteiger partial charge in [0.25, 0.3) is 0 Å². The summed E-state index contributed by atoms with van der Waals surface area (Å²) in [5, 5.41) is 9.10. The molecule has 64 valence electrons. The van der Waals surface area contributed by atoms with E-state index in [1.807, 2.05) is 19.9 Å². The van der Waals surface area contributed by atoms with E-state index in [0.29, 0.717) is 6.42 Å². The molecule has 0 unspecified atom stereocenters. The van der Waals surface area contributed by atoms with Crippen molar-refractivity contribution in [3.63, 3.8) is 0 Å². The highest BCUT2D eigenvalue weighted by Gasteiger charge is 1.93. The molecule has 0 bridgehead atoms. The summed E-state index contributed by atoms with van der Waals surface area (Å²) < 4.78 is 0. The first-order chi connectivity index (χ1) is 5.81. The van der Waals surface area contributed by atoms with Gasteiger partial charge in [-0.05, 0) is 31.3 Å². The van der Waals surface area contributed by atoms with E-state index in [4.69, 9.17) is 5.11 Å². The maximum absolute atomic E-state index is 9.10. The van der Waals surface area contributed by atoms with Gasteiger partial charge in [0.15, 0.2) is 0 Å². The largest absolute Gasteiger partial charge is 0.392 e. The highest BCUT2D eigenvalue weighted by atomic mass is 16.3. The van der Waals surface area contributed by atoms with Gasteiger partial charge in [0.1, 0.15) is 0 Å². The highest BCUT2D eigenvalue weighted by molar-refractivity contribution is 5.30. The molecule has 1 N–H and O–H groups in total. The molecule has 0 amide bonds. The summed E-state index contributed by atoms with van der Waals surface area (Å²) in [5.41, 5.74) is 0. The zero-order chi connectivity index (χ0) is 9.23. The minimum absolute atomic E-state index is 0.305. The van der Waals surface area contributed by atoms with Crippen LogP contribution in [0, 0.1) is 23.7 Å². The number of aliphatic hydroxyl groups excluding tert-OH is 1. The Kier molecular flexibility index (Phi) is 7.14. The third-order valence-corrected chi connectivity index (χ3v) is 1.28. The van der Waals surface area contributed by atoms with Gasteiger partial charge in [-0.15, -0.1) is 0 Å². The lowest BCUT2D eigenvalue weighted by Gasteiger charge is -1.98. The topological polar surface area (TPSA) is 20.2 Å². The van der Waals surface area contributed by atoms with Crippen molar-refractivity contribution in [3.8, 4) is 23.7 Å². The van der Waals surface area contributed by atoms with Crippen LogP contribution >= 0.6 is 0 Å². The molecule has 1 nitrogen and oxygen atoms in total. The zero-order valence-electron chi connectivity index (χ0n) is 7.59. The van der Waals surface area contributed by atoms with Crippen LogP contribution in [0.1, 0.15) is 26.7 Å². The molecular weight excluding hydrogens is 148 g/mol. The lowest BCUT2D eigenvalue weighted by molar-refractivity contribution is 0.176. The monoisotopic (exact) mass is 162 g/mol. The van der Waals surface area contributed by atoms with E-state index >= 15 is 0 Å². The number of hydrogen-bond acceptors (Lipinski definition) is 1. The SMILES string of the molecule is C/C=C/C#CC#CC[C@@H](O)CC. The fourth-order valence-electron chi connectivity index (χ4n) is 0.518. The zero-order valence-corrected chi connectivity index (χ0v) is 7.59. The van der Waals surface area contributed by atoms with Gasteiger partial charge in [-0.2, -0.15) is 0 Å². The van der Waals surface area contributed by atoms with Crippen molar-refractivity contribution in [1.29, 1.82) is 0 Å². The average molecular weight is 162 g/mol. The quantitative estimate of drug-likeness (QED) is 0.613. The van der Waals surface area contributed by atoms with Crippen molar-refractivity contribution in [1.82, 2.24) is 0 Å². The molecule has 1 heteroatoms. The second-order valence-electron chi connectivity index (χ2n) is 2.34. The number of hydrogen-bond donors (Lipinski definition) is 1. The van der Waals surface area contributed by atoms with E-state index < -0.39 is 0 Å². The fraction of sp³-hybridized carbons (Fsp3) is 0.455. The normalized spacial score (nSPS) is 11.2. The summed E-state index contributed by atoms with van der Waals surface area (Å²) in [6.07, 6.45) is 4.55. The minimum atomic E-state index is -0.305. The third-order valence-electron chi connectivity index (χ3n) is 1.28. The van der Waals surface area contributed by atoms with Crippen molar-refractivity contribution >= 4 is 0 Å². The lowest BCUT2D eigenvalue weighted by Crippen LogP contribution is -2.01.